The third-order valence-corrected chi connectivity index (χ3v) is 14.7. The zero-order valence-corrected chi connectivity index (χ0v) is 40.9. The van der Waals surface area contributed by atoms with E-state index >= 15 is 0 Å². The largest absolute Gasteiger partial charge is 0.365 e. The first-order valence-electron chi connectivity index (χ1n) is 24.5. The Morgan fingerprint density at radius 2 is 1.89 bits per heavy atom. The number of allylic oxidation sites excluding steroid dienone is 21. The van der Waals surface area contributed by atoms with Gasteiger partial charge in [-0.15, -0.1) is 12.2 Å². The number of hydrogen-bond acceptors (Lipinski definition) is 3. The molecule has 3 nitrogen and oxygen atoms in total. The number of hydrogen-bond donors (Lipinski definition) is 0. The second kappa shape index (κ2) is 20.2. The minimum Gasteiger partial charge on any atom is -0.365 e. The van der Waals surface area contributed by atoms with Gasteiger partial charge in [0.05, 0.1) is 6.04 Å². The molecule has 336 valence electrons. The Morgan fingerprint density at radius 3 is 2.68 bits per heavy atom. The summed E-state index contributed by atoms with van der Waals surface area (Å²) in [5, 5.41) is -0.313. The van der Waals surface area contributed by atoms with Crippen molar-refractivity contribution in [3.8, 4) is 12.3 Å². The van der Waals surface area contributed by atoms with Gasteiger partial charge < -0.3 is 14.7 Å². The zero-order valence-electron chi connectivity index (χ0n) is 40.9. The highest BCUT2D eigenvalue weighted by Gasteiger charge is 2.61. The van der Waals surface area contributed by atoms with Gasteiger partial charge in [0.2, 0.25) is 6.71 Å². The van der Waals surface area contributed by atoms with Crippen molar-refractivity contribution in [3.63, 3.8) is 0 Å². The average Bonchev–Trinajstić information content (AvgIpc) is 3.55. The van der Waals surface area contributed by atoms with Crippen LogP contribution in [0.15, 0.2) is 219 Å². The van der Waals surface area contributed by atoms with Crippen LogP contribution in [0.4, 0.5) is 5.69 Å². The molecule has 5 atom stereocenters. The summed E-state index contributed by atoms with van der Waals surface area (Å²) in [6.07, 6.45) is 54.9. The SMILES string of the molecule is C#C/C=C\C/C=C(\C)C1=CC2=C(CC1C)B1c3ccccc3N(/C3=C/C(C)CC(C)=C=CC3)C3=CC(N(CC4=CCC=CC=C4)C(/C=C\C)=C/C=C)=CC(N2CC2C=C(C)C=C(C)C2)C13C. The summed E-state index contributed by atoms with van der Waals surface area (Å²) in [7, 11) is 0. The van der Waals surface area contributed by atoms with E-state index in [2.05, 4.69) is 216 Å². The van der Waals surface area contributed by atoms with E-state index in [-0.39, 0.29) is 18.1 Å². The van der Waals surface area contributed by atoms with Gasteiger partial charge in [0, 0.05) is 59.0 Å². The lowest BCUT2D eigenvalue weighted by Gasteiger charge is -2.61. The quantitative estimate of drug-likeness (QED) is 0.0897. The van der Waals surface area contributed by atoms with E-state index in [4.69, 9.17) is 6.42 Å². The minimum absolute atomic E-state index is 0.0310. The van der Waals surface area contributed by atoms with Crippen LogP contribution in [0.25, 0.3) is 0 Å². The van der Waals surface area contributed by atoms with Crippen LogP contribution in [-0.4, -0.2) is 35.6 Å². The fourth-order valence-electron chi connectivity index (χ4n) is 12.1. The molecule has 5 aliphatic carbocycles. The molecule has 2 aliphatic heterocycles. The molecule has 4 heteroatoms. The maximum Gasteiger partial charge on any atom is 0.224 e. The van der Waals surface area contributed by atoms with Crippen molar-refractivity contribution in [2.45, 2.75) is 105 Å². The van der Waals surface area contributed by atoms with E-state index in [0.29, 0.717) is 17.8 Å². The van der Waals surface area contributed by atoms with Crippen LogP contribution in [-0.2, 0) is 0 Å². The number of nitrogens with zero attached hydrogens (tertiary/aromatic N) is 3. The number of benzene rings is 1. The van der Waals surface area contributed by atoms with Crippen molar-refractivity contribution in [3.05, 3.63) is 219 Å². The lowest BCUT2D eigenvalue weighted by Crippen LogP contribution is -2.65. The highest BCUT2D eigenvalue weighted by Crippen LogP contribution is 2.61. The maximum atomic E-state index is 5.60. The van der Waals surface area contributed by atoms with Crippen molar-refractivity contribution in [2.24, 2.45) is 17.8 Å². The second-order valence-electron chi connectivity index (χ2n) is 19.9. The number of anilines is 1. The van der Waals surface area contributed by atoms with Crippen LogP contribution in [0, 0.1) is 30.1 Å². The molecule has 0 saturated carbocycles. The lowest BCUT2D eigenvalue weighted by atomic mass is 9.21. The summed E-state index contributed by atoms with van der Waals surface area (Å²) >= 11 is 0. The van der Waals surface area contributed by atoms with Crippen molar-refractivity contribution in [1.29, 1.82) is 0 Å². The van der Waals surface area contributed by atoms with Crippen molar-refractivity contribution in [2.75, 3.05) is 18.0 Å². The fraction of sp³-hybridized carbons (Fsp3) is 0.339. The third-order valence-electron chi connectivity index (χ3n) is 14.7. The van der Waals surface area contributed by atoms with E-state index < -0.39 is 0 Å². The molecule has 5 unspecified atom stereocenters. The predicted octanol–water partition coefficient (Wildman–Crippen LogP) is 14.4. The topological polar surface area (TPSA) is 9.72 Å². The summed E-state index contributed by atoms with van der Waals surface area (Å²) in [6.45, 7) is 24.7. The normalized spacial score (nSPS) is 27.2. The van der Waals surface area contributed by atoms with Gasteiger partial charge in [-0.1, -0.05) is 147 Å². The van der Waals surface area contributed by atoms with Crippen LogP contribution >= 0.6 is 0 Å². The predicted molar refractivity (Wildman–Crippen MR) is 285 cm³/mol. The van der Waals surface area contributed by atoms with E-state index in [1.807, 2.05) is 12.2 Å². The molecule has 0 spiro atoms. The van der Waals surface area contributed by atoms with Gasteiger partial charge in [0.15, 0.2) is 0 Å². The number of terminal acetylenes is 1. The molecule has 0 N–H and O–H groups in total. The van der Waals surface area contributed by atoms with E-state index in [9.17, 15) is 0 Å². The van der Waals surface area contributed by atoms with Gasteiger partial charge in [-0.3, -0.25) is 0 Å². The van der Waals surface area contributed by atoms with Gasteiger partial charge >= 0.3 is 0 Å². The Kier molecular flexibility index (Phi) is 14.2. The molecule has 1 aromatic rings. The average molecular weight is 868 g/mol. The smallest absolute Gasteiger partial charge is 0.224 e. The molecule has 0 fully saturated rings. The van der Waals surface area contributed by atoms with Crippen molar-refractivity contribution < 1.29 is 0 Å². The molecule has 0 bridgehead atoms. The van der Waals surface area contributed by atoms with E-state index in [1.54, 1.807) is 5.47 Å². The summed E-state index contributed by atoms with van der Waals surface area (Å²) in [6, 6.07) is 9.42. The van der Waals surface area contributed by atoms with Crippen LogP contribution < -0.4 is 10.4 Å². The highest BCUT2D eigenvalue weighted by atomic mass is 15.2. The molecule has 2 heterocycles. The third kappa shape index (κ3) is 9.30. The first-order chi connectivity index (χ1) is 31.9. The molecule has 0 amide bonds. The van der Waals surface area contributed by atoms with Gasteiger partial charge in [0.25, 0.3) is 0 Å². The number of para-hydroxylation sites is 1. The molecule has 8 rings (SSSR count). The Balaban J connectivity index is 1.44. The van der Waals surface area contributed by atoms with Crippen molar-refractivity contribution in [1.82, 2.24) is 9.80 Å². The molecule has 1 aromatic carbocycles. The van der Waals surface area contributed by atoms with Crippen LogP contribution in [0.2, 0.25) is 5.31 Å². The van der Waals surface area contributed by atoms with Crippen LogP contribution in [0.3, 0.4) is 0 Å². The molecule has 66 heavy (non-hydrogen) atoms. The van der Waals surface area contributed by atoms with Crippen LogP contribution in [0.1, 0.15) is 93.9 Å². The Hall–Kier alpha value is -6.14. The first-order valence-corrected chi connectivity index (χ1v) is 24.5. The van der Waals surface area contributed by atoms with E-state index in [1.165, 1.54) is 67.4 Å². The van der Waals surface area contributed by atoms with Gasteiger partial charge in [-0.05, 0) is 155 Å². The number of fused-ring (bicyclic) bond motifs is 3. The monoisotopic (exact) mass is 868 g/mol. The van der Waals surface area contributed by atoms with Gasteiger partial charge in [0.1, 0.15) is 0 Å². The van der Waals surface area contributed by atoms with Gasteiger partial charge in [-0.2, -0.15) is 0 Å². The maximum absolute atomic E-state index is 5.60. The minimum atomic E-state index is -0.313. The Bertz CT molecular complexity index is 2690. The summed E-state index contributed by atoms with van der Waals surface area (Å²) in [5.74, 6) is 3.79. The number of rotatable bonds is 12. The lowest BCUT2D eigenvalue weighted by molar-refractivity contribution is 0.220. The molecule has 0 aromatic heterocycles. The van der Waals surface area contributed by atoms with Crippen LogP contribution in [0.5, 0.6) is 0 Å². The first kappa shape index (κ1) is 46.4. The standard InChI is InChI=1S/C62H70BN3/c1-11-14-15-18-27-48(8)55-41-59-57(38-49(55)9)63-56-31-21-22-32-58(56)66(53-30-23-26-44(4)33-47(7)37-53)61-40-54(64(52(24-12-2)25-13-3)42-50-28-19-16-17-20-29-50)39-60(62(61,63)10)65(59)43-51-35-45(5)34-46(6)36-51/h1,12-17,19,21-25,27-29,31-32,34-35,37,39-41,47,49,51,60H,2,18,20,30,33,36,38,42-43H2,3-10H3/b15-14-,25-13-,48-27+,52-24+,53-37+. The second-order valence-corrected chi connectivity index (χ2v) is 19.9. The van der Waals surface area contributed by atoms with E-state index in [0.717, 1.165) is 57.3 Å². The van der Waals surface area contributed by atoms with Crippen molar-refractivity contribution >= 4 is 17.9 Å². The molecular formula is C62H70BN3. The summed E-state index contributed by atoms with van der Waals surface area (Å²) < 4.78 is 0. The summed E-state index contributed by atoms with van der Waals surface area (Å²) in [5.41, 5.74) is 22.6. The summed E-state index contributed by atoms with van der Waals surface area (Å²) in [4.78, 5) is 8.12. The Morgan fingerprint density at radius 1 is 1.06 bits per heavy atom. The molecular weight excluding hydrogens is 798 g/mol. The zero-order chi connectivity index (χ0) is 46.5. The fourth-order valence-corrected chi connectivity index (χ4v) is 12.1. The molecule has 7 aliphatic rings. The molecule has 0 saturated heterocycles. The highest BCUT2D eigenvalue weighted by molar-refractivity contribution is 6.85. The van der Waals surface area contributed by atoms with Gasteiger partial charge in [-0.25, -0.2) is 0 Å². The Labute approximate surface area is 398 Å². The molecule has 0 radical (unpaired) electrons.